The van der Waals surface area contributed by atoms with Gasteiger partial charge in [0.2, 0.25) is 0 Å². The molecule has 4 rings (SSSR count). The Morgan fingerprint density at radius 2 is 2.03 bits per heavy atom. The van der Waals surface area contributed by atoms with Gasteiger partial charge in [-0.05, 0) is 62.1 Å². The minimum absolute atomic E-state index is 0.132. The van der Waals surface area contributed by atoms with Gasteiger partial charge in [0.1, 0.15) is 10.3 Å². The van der Waals surface area contributed by atoms with E-state index in [1.807, 2.05) is 24.5 Å². The molecule has 10 heteroatoms. The summed E-state index contributed by atoms with van der Waals surface area (Å²) in [7, 11) is -3.81. The number of benzene rings is 1. The van der Waals surface area contributed by atoms with Gasteiger partial charge in [-0.1, -0.05) is 28.9 Å². The van der Waals surface area contributed by atoms with Gasteiger partial charge in [0.15, 0.2) is 4.80 Å². The van der Waals surface area contributed by atoms with Crippen molar-refractivity contribution in [3.05, 3.63) is 44.5 Å². The summed E-state index contributed by atoms with van der Waals surface area (Å²) in [5.41, 5.74) is 3.18. The first-order valence-corrected chi connectivity index (χ1v) is 13.1. The Kier molecular flexibility index (Phi) is 6.12. The zero-order valence-electron chi connectivity index (χ0n) is 17.0. The van der Waals surface area contributed by atoms with Crippen LogP contribution in [0.5, 0.6) is 0 Å². The summed E-state index contributed by atoms with van der Waals surface area (Å²) in [5.74, 6) is 2.14. The van der Waals surface area contributed by atoms with Crippen LogP contribution in [-0.2, 0) is 21.4 Å². The second kappa shape index (κ2) is 8.52. The third kappa shape index (κ3) is 4.11. The lowest BCUT2D eigenvalue weighted by Gasteiger charge is -2.20. The second-order valence-electron chi connectivity index (χ2n) is 7.36. The molecule has 3 heterocycles. The van der Waals surface area contributed by atoms with Crippen LogP contribution in [0.3, 0.4) is 0 Å². The van der Waals surface area contributed by atoms with E-state index in [0.717, 1.165) is 32.7 Å². The fourth-order valence-corrected chi connectivity index (χ4v) is 8.02. The van der Waals surface area contributed by atoms with Crippen molar-refractivity contribution in [3.8, 4) is 12.3 Å². The molecule has 1 fully saturated rings. The van der Waals surface area contributed by atoms with Gasteiger partial charge in [-0.2, -0.15) is 9.30 Å². The first-order valence-electron chi connectivity index (χ1n) is 9.62. The summed E-state index contributed by atoms with van der Waals surface area (Å²) in [6, 6.07) is 6.27. The van der Waals surface area contributed by atoms with Crippen LogP contribution in [0.2, 0.25) is 4.34 Å². The van der Waals surface area contributed by atoms with E-state index in [9.17, 15) is 13.2 Å². The van der Waals surface area contributed by atoms with E-state index in [0.29, 0.717) is 22.0 Å². The molecule has 0 bridgehead atoms. The fraction of sp³-hybridized carbons (Fsp3) is 0.333. The number of thiazole rings is 1. The molecule has 1 saturated heterocycles. The Morgan fingerprint density at radius 1 is 1.29 bits per heavy atom. The van der Waals surface area contributed by atoms with Gasteiger partial charge in [0.05, 0.1) is 21.1 Å². The van der Waals surface area contributed by atoms with E-state index < -0.39 is 22.0 Å². The topological polar surface area (TPSA) is 71.7 Å². The van der Waals surface area contributed by atoms with Gasteiger partial charge < -0.3 is 4.57 Å². The highest BCUT2D eigenvalue weighted by Gasteiger charge is 2.40. The number of nitrogens with zero attached hydrogens (tertiary/aromatic N) is 3. The molecule has 2 aromatic heterocycles. The minimum atomic E-state index is -3.81. The van der Waals surface area contributed by atoms with E-state index in [1.54, 1.807) is 6.07 Å². The normalized spacial score (nSPS) is 18.0. The van der Waals surface area contributed by atoms with Crippen LogP contribution in [0, 0.1) is 26.2 Å². The minimum Gasteiger partial charge on any atom is -0.305 e. The number of rotatable bonds is 4. The van der Waals surface area contributed by atoms with Crippen LogP contribution >= 0.6 is 34.3 Å². The Balaban J connectivity index is 1.75. The predicted octanol–water partition coefficient (Wildman–Crippen LogP) is 3.95. The standard InChI is InChI=1S/C21H20ClN3O3S3/c1-4-9-24-16-11-13(2)14(3)12-17(16)29-21(24)23-20(26)15-6-5-10-25(15)31(27,28)19-8-7-18(22)30-19/h1,7-8,11-12,15H,5-6,9-10H2,2-3H3. The van der Waals surface area contributed by atoms with Gasteiger partial charge in [0.25, 0.3) is 15.9 Å². The smallest absolute Gasteiger partial charge is 0.266 e. The lowest BCUT2D eigenvalue weighted by Crippen LogP contribution is -2.40. The Hall–Kier alpha value is -1.96. The number of halogens is 1. The van der Waals surface area contributed by atoms with Crippen LogP contribution < -0.4 is 4.80 Å². The molecule has 1 aromatic carbocycles. The van der Waals surface area contributed by atoms with Crippen molar-refractivity contribution in [2.24, 2.45) is 4.99 Å². The predicted molar refractivity (Wildman–Crippen MR) is 125 cm³/mol. The Bertz CT molecular complexity index is 1390. The van der Waals surface area contributed by atoms with Gasteiger partial charge >= 0.3 is 0 Å². The summed E-state index contributed by atoms with van der Waals surface area (Å²) >= 11 is 8.28. The highest BCUT2D eigenvalue weighted by molar-refractivity contribution is 7.91. The van der Waals surface area contributed by atoms with Gasteiger partial charge in [-0.25, -0.2) is 8.42 Å². The molecule has 3 aromatic rings. The Labute approximate surface area is 193 Å². The van der Waals surface area contributed by atoms with E-state index in [1.165, 1.54) is 21.7 Å². The number of carbonyl (C=O) groups excluding carboxylic acids is 1. The highest BCUT2D eigenvalue weighted by Crippen LogP contribution is 2.32. The molecule has 0 saturated carbocycles. The molecule has 1 aliphatic rings. The molecule has 31 heavy (non-hydrogen) atoms. The lowest BCUT2D eigenvalue weighted by molar-refractivity contribution is -0.121. The Morgan fingerprint density at radius 3 is 2.71 bits per heavy atom. The number of hydrogen-bond donors (Lipinski definition) is 0. The van der Waals surface area contributed by atoms with Crippen LogP contribution in [0.25, 0.3) is 10.2 Å². The largest absolute Gasteiger partial charge is 0.305 e. The highest BCUT2D eigenvalue weighted by atomic mass is 35.5. The zero-order chi connectivity index (χ0) is 22.3. The van der Waals surface area contributed by atoms with Crippen LogP contribution in [-0.4, -0.2) is 35.8 Å². The number of carbonyl (C=O) groups is 1. The fourth-order valence-electron chi connectivity index (χ4n) is 3.65. The quantitative estimate of drug-likeness (QED) is 0.517. The summed E-state index contributed by atoms with van der Waals surface area (Å²) in [6.07, 6.45) is 6.58. The van der Waals surface area contributed by atoms with Gasteiger partial charge in [-0.3, -0.25) is 4.79 Å². The average Bonchev–Trinajstić information content (AvgIpc) is 3.43. The third-order valence-corrected chi connectivity index (χ3v) is 10.0. The van der Waals surface area contributed by atoms with Crippen molar-refractivity contribution in [1.29, 1.82) is 0 Å². The SMILES string of the molecule is C#CCn1c(=NC(=O)C2CCCN2S(=O)(=O)c2ccc(Cl)s2)sc2cc(C)c(C)cc21. The van der Waals surface area contributed by atoms with Crippen LogP contribution in [0.4, 0.5) is 0 Å². The summed E-state index contributed by atoms with van der Waals surface area (Å²) in [5, 5.41) is 0. The molecule has 0 N–H and O–H groups in total. The number of fused-ring (bicyclic) bond motifs is 1. The number of amides is 1. The maximum absolute atomic E-state index is 13.1. The zero-order valence-corrected chi connectivity index (χ0v) is 20.2. The van der Waals surface area contributed by atoms with Crippen LogP contribution in [0.1, 0.15) is 24.0 Å². The molecule has 0 spiro atoms. The monoisotopic (exact) mass is 493 g/mol. The van der Waals surface area contributed by atoms with Crippen molar-refractivity contribution in [2.45, 2.75) is 43.5 Å². The summed E-state index contributed by atoms with van der Waals surface area (Å²) in [4.78, 5) is 17.9. The van der Waals surface area contributed by atoms with Crippen molar-refractivity contribution < 1.29 is 13.2 Å². The third-order valence-electron chi connectivity index (χ3n) is 5.35. The number of terminal acetylenes is 1. The number of aromatic nitrogens is 1. The molecule has 1 aliphatic heterocycles. The summed E-state index contributed by atoms with van der Waals surface area (Å²) < 4.78 is 30.7. The molecule has 162 valence electrons. The van der Waals surface area contributed by atoms with E-state index in [4.69, 9.17) is 18.0 Å². The van der Waals surface area contributed by atoms with Crippen molar-refractivity contribution in [3.63, 3.8) is 0 Å². The molecule has 1 unspecified atom stereocenters. The lowest BCUT2D eigenvalue weighted by atomic mass is 10.1. The van der Waals surface area contributed by atoms with Crippen LogP contribution in [0.15, 0.2) is 33.5 Å². The first-order chi connectivity index (χ1) is 14.7. The van der Waals surface area contributed by atoms with E-state index >= 15 is 0 Å². The average molecular weight is 494 g/mol. The maximum atomic E-state index is 13.1. The number of hydrogen-bond acceptors (Lipinski definition) is 5. The molecule has 0 aliphatic carbocycles. The molecule has 1 atom stereocenters. The molecule has 1 amide bonds. The second-order valence-corrected chi connectivity index (χ2v) is 12.2. The molecular formula is C21H20ClN3O3S3. The van der Waals surface area contributed by atoms with Crippen molar-refractivity contribution in [1.82, 2.24) is 8.87 Å². The first kappa shape index (κ1) is 22.2. The van der Waals surface area contributed by atoms with Gasteiger partial charge in [-0.15, -0.1) is 17.8 Å². The number of aryl methyl sites for hydroxylation is 2. The molecule has 6 nitrogen and oxygen atoms in total. The van der Waals surface area contributed by atoms with E-state index in [2.05, 4.69) is 17.0 Å². The molecular weight excluding hydrogens is 474 g/mol. The van der Waals surface area contributed by atoms with Gasteiger partial charge in [0, 0.05) is 6.54 Å². The summed E-state index contributed by atoms with van der Waals surface area (Å²) in [6.45, 7) is 4.60. The maximum Gasteiger partial charge on any atom is 0.266 e. The number of thiophene rings is 1. The number of sulfonamides is 1. The van der Waals surface area contributed by atoms with Crippen molar-refractivity contribution in [2.75, 3.05) is 6.54 Å². The molecule has 0 radical (unpaired) electrons. The van der Waals surface area contributed by atoms with E-state index in [-0.39, 0.29) is 17.3 Å². The van der Waals surface area contributed by atoms with Crippen molar-refractivity contribution >= 4 is 60.4 Å².